The van der Waals surface area contributed by atoms with Gasteiger partial charge in [-0.1, -0.05) is 30.2 Å². The standard InChI is InChI=1S/C26H28FN3O5S2/c1-19-8-12-21(13-9-19)36(32,33)24-7-5-6-23(26(24)27)28-18-25(31)29-20-10-14-22(15-11-20)37(34,35)30-16-3-2-4-17-30/h5-15,28H,2-4,16-18H2,1H3,(H,29,31). The van der Waals surface area contributed by atoms with Gasteiger partial charge in [0, 0.05) is 18.8 Å². The van der Waals surface area contributed by atoms with Crippen LogP contribution in [0.5, 0.6) is 0 Å². The summed E-state index contributed by atoms with van der Waals surface area (Å²) in [4.78, 5) is 12.0. The Hall–Kier alpha value is -3.28. The van der Waals surface area contributed by atoms with Gasteiger partial charge in [0.1, 0.15) is 4.90 Å². The molecule has 8 nitrogen and oxygen atoms in total. The van der Waals surface area contributed by atoms with Crippen LogP contribution in [0.15, 0.2) is 81.4 Å². The van der Waals surface area contributed by atoms with Crippen molar-refractivity contribution in [1.29, 1.82) is 0 Å². The summed E-state index contributed by atoms with van der Waals surface area (Å²) >= 11 is 0. The van der Waals surface area contributed by atoms with Crippen molar-refractivity contribution >= 4 is 37.1 Å². The molecule has 2 N–H and O–H groups in total. The maximum absolute atomic E-state index is 15.1. The number of nitrogens with one attached hydrogen (secondary N) is 2. The Bertz CT molecular complexity index is 1480. The number of hydrogen-bond acceptors (Lipinski definition) is 6. The molecule has 3 aromatic rings. The lowest BCUT2D eigenvalue weighted by molar-refractivity contribution is -0.114. The van der Waals surface area contributed by atoms with Gasteiger partial charge in [-0.25, -0.2) is 21.2 Å². The Kier molecular flexibility index (Phi) is 7.96. The Morgan fingerprint density at radius 3 is 2.14 bits per heavy atom. The third-order valence-electron chi connectivity index (χ3n) is 6.11. The predicted molar refractivity (Wildman–Crippen MR) is 139 cm³/mol. The van der Waals surface area contributed by atoms with Crippen LogP contribution in [0.2, 0.25) is 0 Å². The molecule has 1 heterocycles. The van der Waals surface area contributed by atoms with Gasteiger partial charge in [-0.2, -0.15) is 4.31 Å². The van der Waals surface area contributed by atoms with Crippen molar-refractivity contribution < 1.29 is 26.0 Å². The molecule has 1 saturated heterocycles. The molecule has 11 heteroatoms. The lowest BCUT2D eigenvalue weighted by Gasteiger charge is -2.25. The van der Waals surface area contributed by atoms with Gasteiger partial charge in [-0.15, -0.1) is 0 Å². The zero-order valence-corrected chi connectivity index (χ0v) is 21.9. The quantitative estimate of drug-likeness (QED) is 0.439. The van der Waals surface area contributed by atoms with Crippen LogP contribution >= 0.6 is 0 Å². The summed E-state index contributed by atoms with van der Waals surface area (Å²) in [6.45, 7) is 2.48. The number of carbonyl (C=O) groups is 1. The number of nitrogens with zero attached hydrogens (tertiary/aromatic N) is 1. The van der Waals surface area contributed by atoms with E-state index in [9.17, 15) is 21.6 Å². The number of carbonyl (C=O) groups excluding carboxylic acids is 1. The number of rotatable bonds is 8. The van der Waals surface area contributed by atoms with Gasteiger partial charge in [-0.05, 0) is 68.3 Å². The average molecular weight is 546 g/mol. The monoisotopic (exact) mass is 545 g/mol. The second-order valence-corrected chi connectivity index (χ2v) is 12.7. The summed E-state index contributed by atoms with van der Waals surface area (Å²) < 4.78 is 67.9. The Balaban J connectivity index is 1.40. The molecule has 0 unspecified atom stereocenters. The summed E-state index contributed by atoms with van der Waals surface area (Å²) in [5, 5.41) is 5.25. The molecule has 196 valence electrons. The number of anilines is 2. The van der Waals surface area contributed by atoms with E-state index in [-0.39, 0.29) is 22.0 Å². The molecule has 1 amide bonds. The topological polar surface area (TPSA) is 113 Å². The highest BCUT2D eigenvalue weighted by Crippen LogP contribution is 2.28. The first-order valence-corrected chi connectivity index (χ1v) is 14.8. The summed E-state index contributed by atoms with van der Waals surface area (Å²) in [5.74, 6) is -1.50. The van der Waals surface area contributed by atoms with Crippen LogP contribution in [0.1, 0.15) is 24.8 Å². The van der Waals surface area contributed by atoms with Gasteiger partial charge >= 0.3 is 0 Å². The van der Waals surface area contributed by atoms with Crippen molar-refractivity contribution in [2.75, 3.05) is 30.3 Å². The van der Waals surface area contributed by atoms with Crippen molar-refractivity contribution in [2.45, 2.75) is 40.9 Å². The SMILES string of the molecule is Cc1ccc(S(=O)(=O)c2cccc(NCC(=O)Nc3ccc(S(=O)(=O)N4CCCCC4)cc3)c2F)cc1. The van der Waals surface area contributed by atoms with Crippen molar-refractivity contribution in [3.63, 3.8) is 0 Å². The van der Waals surface area contributed by atoms with E-state index in [1.54, 1.807) is 12.1 Å². The first-order chi connectivity index (χ1) is 17.6. The molecule has 0 saturated carbocycles. The number of halogens is 1. The first kappa shape index (κ1) is 26.8. The van der Waals surface area contributed by atoms with Gasteiger partial charge in [0.05, 0.1) is 22.0 Å². The molecule has 0 atom stereocenters. The second-order valence-electron chi connectivity index (χ2n) is 8.83. The smallest absolute Gasteiger partial charge is 0.243 e. The van der Waals surface area contributed by atoms with Crippen LogP contribution in [-0.4, -0.2) is 46.7 Å². The van der Waals surface area contributed by atoms with E-state index in [4.69, 9.17) is 0 Å². The number of amides is 1. The first-order valence-electron chi connectivity index (χ1n) is 11.8. The van der Waals surface area contributed by atoms with E-state index in [0.29, 0.717) is 18.8 Å². The van der Waals surface area contributed by atoms with Crippen molar-refractivity contribution in [3.05, 3.63) is 78.1 Å². The van der Waals surface area contributed by atoms with E-state index in [1.165, 1.54) is 58.9 Å². The van der Waals surface area contributed by atoms with Gasteiger partial charge in [-0.3, -0.25) is 4.79 Å². The zero-order valence-electron chi connectivity index (χ0n) is 20.3. The fraction of sp³-hybridized carbons (Fsp3) is 0.269. The molecule has 37 heavy (non-hydrogen) atoms. The van der Waals surface area contributed by atoms with E-state index in [2.05, 4.69) is 10.6 Å². The van der Waals surface area contributed by atoms with Crippen molar-refractivity contribution in [1.82, 2.24) is 4.31 Å². The number of piperidine rings is 1. The predicted octanol–water partition coefficient (Wildman–Crippen LogP) is 4.19. The molecule has 4 rings (SSSR count). The summed E-state index contributed by atoms with van der Waals surface area (Å²) in [5.41, 5.74) is 1.12. The normalized spacial score (nSPS) is 14.8. The number of benzene rings is 3. The number of aryl methyl sites for hydroxylation is 1. The minimum atomic E-state index is -4.09. The molecule has 0 bridgehead atoms. The highest BCUT2D eigenvalue weighted by atomic mass is 32.2. The minimum Gasteiger partial charge on any atom is -0.374 e. The molecule has 0 spiro atoms. The number of sulfonamides is 1. The van der Waals surface area contributed by atoms with Crippen molar-refractivity contribution in [2.24, 2.45) is 0 Å². The fourth-order valence-corrected chi connectivity index (χ4v) is 6.91. The molecule has 1 aliphatic heterocycles. The Morgan fingerprint density at radius 1 is 0.865 bits per heavy atom. The number of sulfone groups is 1. The third-order valence-corrected chi connectivity index (χ3v) is 9.81. The zero-order chi connectivity index (χ0) is 26.6. The summed E-state index contributed by atoms with van der Waals surface area (Å²) in [6.07, 6.45) is 2.69. The minimum absolute atomic E-state index is 0.0300. The summed E-state index contributed by atoms with van der Waals surface area (Å²) in [7, 11) is -7.67. The average Bonchev–Trinajstić information content (AvgIpc) is 2.89. The van der Waals surface area contributed by atoms with E-state index in [1.807, 2.05) is 6.92 Å². The van der Waals surface area contributed by atoms with Gasteiger partial charge in [0.25, 0.3) is 0 Å². The van der Waals surface area contributed by atoms with Crippen LogP contribution in [0.25, 0.3) is 0 Å². The highest BCUT2D eigenvalue weighted by molar-refractivity contribution is 7.91. The van der Waals surface area contributed by atoms with Crippen molar-refractivity contribution in [3.8, 4) is 0 Å². The lowest BCUT2D eigenvalue weighted by atomic mass is 10.2. The third kappa shape index (κ3) is 6.00. The second kappa shape index (κ2) is 11.0. The maximum atomic E-state index is 15.1. The molecule has 1 aliphatic rings. The van der Waals surface area contributed by atoms with E-state index < -0.39 is 36.5 Å². The maximum Gasteiger partial charge on any atom is 0.243 e. The molecule has 0 aromatic heterocycles. The molecular weight excluding hydrogens is 517 g/mol. The fourth-order valence-electron chi connectivity index (χ4n) is 4.04. The van der Waals surface area contributed by atoms with Crippen LogP contribution in [0.4, 0.5) is 15.8 Å². The van der Waals surface area contributed by atoms with E-state index in [0.717, 1.165) is 24.8 Å². The lowest BCUT2D eigenvalue weighted by Crippen LogP contribution is -2.35. The Morgan fingerprint density at radius 2 is 1.49 bits per heavy atom. The van der Waals surface area contributed by atoms with Crippen LogP contribution in [-0.2, 0) is 24.7 Å². The van der Waals surface area contributed by atoms with Crippen LogP contribution < -0.4 is 10.6 Å². The van der Waals surface area contributed by atoms with Gasteiger partial charge in [0.15, 0.2) is 5.82 Å². The molecule has 0 aliphatic carbocycles. The van der Waals surface area contributed by atoms with Crippen LogP contribution in [0.3, 0.4) is 0 Å². The Labute approximate surface area is 216 Å². The van der Waals surface area contributed by atoms with Crippen LogP contribution in [0, 0.1) is 12.7 Å². The number of hydrogen-bond donors (Lipinski definition) is 2. The van der Waals surface area contributed by atoms with Gasteiger partial charge < -0.3 is 10.6 Å². The molecular formula is C26H28FN3O5S2. The van der Waals surface area contributed by atoms with Gasteiger partial charge in [0.2, 0.25) is 25.8 Å². The highest BCUT2D eigenvalue weighted by Gasteiger charge is 2.26. The van der Waals surface area contributed by atoms with E-state index >= 15 is 4.39 Å². The summed E-state index contributed by atoms with van der Waals surface area (Å²) in [6, 6.07) is 15.9. The molecule has 0 radical (unpaired) electrons. The molecule has 1 fully saturated rings. The molecule has 3 aromatic carbocycles. The largest absolute Gasteiger partial charge is 0.374 e.